The van der Waals surface area contributed by atoms with E-state index in [4.69, 9.17) is 28.7 Å². The number of aromatic nitrogens is 2. The summed E-state index contributed by atoms with van der Waals surface area (Å²) in [6.45, 7) is 5.83. The van der Waals surface area contributed by atoms with E-state index in [0.29, 0.717) is 101 Å². The Bertz CT molecular complexity index is 3630. The van der Waals surface area contributed by atoms with Crippen molar-refractivity contribution in [3.63, 3.8) is 0 Å². The van der Waals surface area contributed by atoms with Crippen LogP contribution in [0.25, 0.3) is 0 Å². The molecule has 3 aliphatic heterocycles. The molecule has 1 fully saturated rings. The predicted molar refractivity (Wildman–Crippen MR) is 301 cm³/mol. The second-order valence-corrected chi connectivity index (χ2v) is 22.2. The lowest BCUT2D eigenvalue weighted by Crippen LogP contribution is -2.48. The van der Waals surface area contributed by atoms with Crippen molar-refractivity contribution in [3.8, 4) is 28.7 Å². The van der Waals surface area contributed by atoms with Gasteiger partial charge < -0.3 is 38.8 Å². The third kappa shape index (κ3) is 14.0. The average molecular weight is 1180 g/mol. The van der Waals surface area contributed by atoms with E-state index in [0.717, 1.165) is 58.0 Å². The van der Waals surface area contributed by atoms with E-state index in [-0.39, 0.29) is 44.6 Å². The van der Waals surface area contributed by atoms with Gasteiger partial charge in [-0.3, -0.25) is 19.4 Å². The van der Waals surface area contributed by atoms with Crippen LogP contribution >= 0.6 is 22.7 Å². The molecule has 83 heavy (non-hydrogen) atoms. The molecule has 0 radical (unpaired) electrons. The normalized spacial score (nSPS) is 14.9. The lowest BCUT2D eigenvalue weighted by Gasteiger charge is -2.35. The van der Waals surface area contributed by atoms with Gasteiger partial charge in [0.25, 0.3) is 11.8 Å². The highest BCUT2D eigenvalue weighted by atomic mass is 32.1. The number of amides is 2. The van der Waals surface area contributed by atoms with Crippen molar-refractivity contribution in [3.05, 3.63) is 204 Å². The molecular weight excluding hydrogens is 1120 g/mol. The van der Waals surface area contributed by atoms with E-state index in [9.17, 15) is 35.9 Å². The van der Waals surface area contributed by atoms with Gasteiger partial charge in [-0.1, -0.05) is 54.6 Å². The van der Waals surface area contributed by atoms with Crippen LogP contribution in [0.2, 0.25) is 0 Å². The summed E-state index contributed by atoms with van der Waals surface area (Å²) < 4.78 is 112. The third-order valence-corrected chi connectivity index (χ3v) is 16.0. The van der Waals surface area contributed by atoms with Gasteiger partial charge in [-0.2, -0.15) is 26.3 Å². The molecule has 6 aromatic carbocycles. The maximum absolute atomic E-state index is 13.9. The molecule has 14 nitrogen and oxygen atoms in total. The van der Waals surface area contributed by atoms with Crippen LogP contribution in [-0.4, -0.2) is 82.9 Å². The molecule has 1 atom stereocenters. The number of nitrogens with zero attached hydrogens (tertiary/aromatic N) is 6. The molecule has 0 saturated carbocycles. The van der Waals surface area contributed by atoms with Crippen LogP contribution < -0.4 is 33.9 Å². The molecule has 0 bridgehead atoms. The number of anilines is 2. The van der Waals surface area contributed by atoms with Crippen molar-refractivity contribution in [2.75, 3.05) is 50.3 Å². The van der Waals surface area contributed by atoms with Crippen LogP contribution in [0.15, 0.2) is 138 Å². The van der Waals surface area contributed by atoms with Crippen LogP contribution in [0, 0.1) is 6.92 Å². The first-order chi connectivity index (χ1) is 39.9. The van der Waals surface area contributed by atoms with E-state index in [1.54, 1.807) is 53.1 Å². The first kappa shape index (κ1) is 56.7. The van der Waals surface area contributed by atoms with Gasteiger partial charge in [-0.15, -0.1) is 22.7 Å². The number of thiazole rings is 2. The summed E-state index contributed by atoms with van der Waals surface area (Å²) in [4.78, 5) is 44.7. The molecule has 1 N–H and O–H groups in total. The Kier molecular flexibility index (Phi) is 16.6. The number of methoxy groups -OCH3 is 1. The van der Waals surface area contributed by atoms with Crippen LogP contribution in [0.4, 0.5) is 37.7 Å². The van der Waals surface area contributed by atoms with E-state index in [2.05, 4.69) is 15.2 Å². The van der Waals surface area contributed by atoms with Crippen LogP contribution in [0.1, 0.15) is 75.5 Å². The molecule has 5 heterocycles. The molecule has 2 aromatic heterocycles. The lowest BCUT2D eigenvalue weighted by molar-refractivity contribution is -0.138. The largest absolute Gasteiger partial charge is 0.497 e. The Morgan fingerprint density at radius 2 is 1.18 bits per heavy atom. The lowest BCUT2D eigenvalue weighted by atomic mass is 10.0. The number of piperazine rings is 1. The van der Waals surface area contributed by atoms with Gasteiger partial charge in [0.15, 0.2) is 23.0 Å². The monoisotopic (exact) mass is 1180 g/mol. The number of ether oxygens (including phenoxy) is 5. The summed E-state index contributed by atoms with van der Waals surface area (Å²) in [6, 6.07) is 34.8. The first-order valence-electron chi connectivity index (χ1n) is 26.5. The minimum Gasteiger partial charge on any atom is -0.497 e. The number of nitrogens with one attached hydrogen (secondary N) is 1. The van der Waals surface area contributed by atoms with E-state index in [1.807, 2.05) is 77.4 Å². The number of halogens is 6. The SMILES string of the molecule is COc1ccc(N2CCN(C(=O)c3csc(CN(Cc4cccc(C(F)(F)F)c4)Cc4ccc5c(c4)OC(Cc4cc(NC(=O)c6csc(CN(Cc7cccc(C(F)(F)F)c7)Cc7ccc8c(c7)OCO8)n6)ccc4C)O5)n3)CC2)cc1. The third-order valence-electron chi connectivity index (χ3n) is 14.4. The second kappa shape index (κ2) is 24.3. The van der Waals surface area contributed by atoms with Crippen LogP contribution in [-0.2, 0) is 58.0 Å². The van der Waals surface area contributed by atoms with Gasteiger partial charge in [-0.25, -0.2) is 9.97 Å². The van der Waals surface area contributed by atoms with E-state index in [1.165, 1.54) is 34.8 Å². The summed E-state index contributed by atoms with van der Waals surface area (Å²) in [6.07, 6.45) is -9.42. The maximum Gasteiger partial charge on any atom is 0.416 e. The van der Waals surface area contributed by atoms with Crippen molar-refractivity contribution in [1.29, 1.82) is 0 Å². The smallest absolute Gasteiger partial charge is 0.416 e. The average Bonchev–Trinajstić information content (AvgIpc) is 4.52. The number of fused-ring (bicyclic) bond motifs is 2. The first-order valence-corrected chi connectivity index (χ1v) is 28.3. The summed E-state index contributed by atoms with van der Waals surface area (Å²) in [5, 5.41) is 7.55. The summed E-state index contributed by atoms with van der Waals surface area (Å²) in [5.41, 5.74) is 4.92. The van der Waals surface area contributed by atoms with Gasteiger partial charge in [0.2, 0.25) is 13.1 Å². The molecule has 430 valence electrons. The molecule has 1 saturated heterocycles. The summed E-state index contributed by atoms with van der Waals surface area (Å²) in [5.74, 6) is 2.34. The quantitative estimate of drug-likeness (QED) is 0.0773. The molecule has 8 aromatic rings. The van der Waals surface area contributed by atoms with E-state index < -0.39 is 35.7 Å². The fourth-order valence-corrected chi connectivity index (χ4v) is 11.8. The standard InChI is InChI=1S/C61H55F6N7O7S2/c1-38-9-12-46(68-58(75)49-35-82-55(69-49)33-71(29-39-5-3-7-44(23-39)60(62,63)64)31-41-10-17-51-53(25-41)79-37-78-51)27-43(38)28-57-80-52-18-11-42(26-54(52)81-57)32-72(30-40-6-4-8-45(24-40)61(65,66)67)34-56-70-50(36-83-56)59(76)74-21-19-73(20-22-74)47-13-15-48(77-2)16-14-47/h3-18,23-27,35-36,57H,19-22,28-34,37H2,1-2H3,(H,68,75). The van der Waals surface area contributed by atoms with Crippen LogP contribution in [0.3, 0.4) is 0 Å². The van der Waals surface area contributed by atoms with Crippen LogP contribution in [0.5, 0.6) is 28.7 Å². The molecule has 0 aliphatic carbocycles. The molecule has 0 spiro atoms. The fourth-order valence-electron chi connectivity index (χ4n) is 10.1. The Morgan fingerprint density at radius 3 is 1.80 bits per heavy atom. The fraction of sp³-hybridized carbons (Fsp3) is 0.279. The number of benzene rings is 6. The Morgan fingerprint density at radius 1 is 0.627 bits per heavy atom. The molecule has 2 amide bonds. The Balaban J connectivity index is 0.726. The van der Waals surface area contributed by atoms with Crippen molar-refractivity contribution >= 4 is 45.9 Å². The number of hydrogen-bond donors (Lipinski definition) is 1. The predicted octanol–water partition coefficient (Wildman–Crippen LogP) is 12.6. The van der Waals surface area contributed by atoms with Gasteiger partial charge in [0.05, 0.1) is 31.3 Å². The van der Waals surface area contributed by atoms with Crippen molar-refractivity contribution in [1.82, 2.24) is 24.7 Å². The molecular formula is C61H55F6N7O7S2. The number of carbonyl (C=O) groups is 2. The van der Waals surface area contributed by atoms with Gasteiger partial charge in [0.1, 0.15) is 27.2 Å². The highest BCUT2D eigenvalue weighted by Crippen LogP contribution is 2.39. The van der Waals surface area contributed by atoms with Crippen molar-refractivity contribution < 1.29 is 59.6 Å². The van der Waals surface area contributed by atoms with Gasteiger partial charge in [0, 0.05) is 80.9 Å². The maximum atomic E-state index is 13.9. The summed E-state index contributed by atoms with van der Waals surface area (Å²) in [7, 11) is 1.62. The van der Waals surface area contributed by atoms with Gasteiger partial charge >= 0.3 is 12.4 Å². The number of carbonyl (C=O) groups excluding carboxylic acids is 2. The highest BCUT2D eigenvalue weighted by Gasteiger charge is 2.33. The Hall–Kier alpha value is -8.18. The zero-order valence-electron chi connectivity index (χ0n) is 45.0. The van der Waals surface area contributed by atoms with Crippen molar-refractivity contribution in [2.24, 2.45) is 0 Å². The number of hydrogen-bond acceptors (Lipinski definition) is 14. The zero-order chi connectivity index (χ0) is 57.8. The second-order valence-electron chi connectivity index (χ2n) is 20.4. The number of alkyl halides is 6. The molecule has 1 unspecified atom stereocenters. The highest BCUT2D eigenvalue weighted by molar-refractivity contribution is 7.10. The zero-order valence-corrected chi connectivity index (χ0v) is 46.6. The summed E-state index contributed by atoms with van der Waals surface area (Å²) >= 11 is 2.59. The Labute approximate surface area is 482 Å². The minimum atomic E-state index is -4.52. The molecule has 3 aliphatic rings. The number of rotatable bonds is 19. The number of aryl methyl sites for hydroxylation is 1. The van der Waals surface area contributed by atoms with Crippen molar-refractivity contribution in [2.45, 2.75) is 71.3 Å². The van der Waals surface area contributed by atoms with Gasteiger partial charge in [-0.05, 0) is 113 Å². The minimum absolute atomic E-state index is 0.0985. The topological polar surface area (TPSA) is 131 Å². The molecule has 11 rings (SSSR count). The van der Waals surface area contributed by atoms with E-state index >= 15 is 0 Å². The molecule has 22 heteroatoms.